The molecule has 1 fully saturated rings. The molecule has 1 aliphatic heterocycles. The van der Waals surface area contributed by atoms with E-state index in [0.29, 0.717) is 17.1 Å². The number of carboxylic acid groups (broad SMARTS) is 1. The maximum atomic E-state index is 13.4. The highest BCUT2D eigenvalue weighted by molar-refractivity contribution is 6.31. The van der Waals surface area contributed by atoms with Crippen LogP contribution in [-0.2, 0) is 16.1 Å². The molecule has 1 heterocycles. The van der Waals surface area contributed by atoms with Gasteiger partial charge in [0.2, 0.25) is 5.91 Å². The van der Waals surface area contributed by atoms with Crippen molar-refractivity contribution >= 4 is 40.2 Å². The molecule has 1 atom stereocenters. The zero-order valence-electron chi connectivity index (χ0n) is 16.7. The van der Waals surface area contributed by atoms with Gasteiger partial charge in [-0.2, -0.15) is 0 Å². The molecule has 1 unspecified atom stereocenters. The molecule has 0 spiro atoms. The van der Waals surface area contributed by atoms with E-state index in [9.17, 15) is 19.5 Å². The van der Waals surface area contributed by atoms with E-state index in [1.54, 1.807) is 23.1 Å². The van der Waals surface area contributed by atoms with E-state index in [-0.39, 0.29) is 24.9 Å². The maximum absolute atomic E-state index is 13.4. The second kappa shape index (κ2) is 8.78. The number of nitrogens with zero attached hydrogens (tertiary/aromatic N) is 2. The van der Waals surface area contributed by atoms with Gasteiger partial charge in [-0.25, -0.2) is 0 Å². The molecule has 1 saturated heterocycles. The average Bonchev–Trinajstić information content (AvgIpc) is 2.77. The largest absolute Gasteiger partial charge is 0.481 e. The van der Waals surface area contributed by atoms with Gasteiger partial charge in [0.15, 0.2) is 0 Å². The first-order valence-electron chi connectivity index (χ1n) is 9.98. The van der Waals surface area contributed by atoms with E-state index in [1.165, 1.54) is 4.90 Å². The monoisotopic (exact) mass is 436 g/mol. The molecule has 6 nitrogen and oxygen atoms in total. The minimum Gasteiger partial charge on any atom is -0.481 e. The van der Waals surface area contributed by atoms with Crippen molar-refractivity contribution in [3.8, 4) is 0 Å². The van der Waals surface area contributed by atoms with E-state index in [0.717, 1.165) is 16.3 Å². The Morgan fingerprint density at radius 3 is 2.45 bits per heavy atom. The Labute approximate surface area is 184 Å². The molecule has 2 amide bonds. The predicted molar refractivity (Wildman–Crippen MR) is 118 cm³/mol. The summed E-state index contributed by atoms with van der Waals surface area (Å²) < 4.78 is 0. The molecule has 7 heteroatoms. The van der Waals surface area contributed by atoms with Crippen LogP contribution < -0.4 is 0 Å². The number of amides is 2. The maximum Gasteiger partial charge on any atom is 0.305 e. The van der Waals surface area contributed by atoms with Gasteiger partial charge in [0, 0.05) is 30.2 Å². The first kappa shape index (κ1) is 20.9. The number of halogens is 1. The highest BCUT2D eigenvalue weighted by Gasteiger charge is 2.39. The third-order valence-electron chi connectivity index (χ3n) is 5.55. The van der Waals surface area contributed by atoms with E-state index in [1.807, 2.05) is 48.5 Å². The fourth-order valence-corrected chi connectivity index (χ4v) is 4.20. The Morgan fingerprint density at radius 1 is 0.968 bits per heavy atom. The van der Waals surface area contributed by atoms with Crippen molar-refractivity contribution in [3.05, 3.63) is 82.9 Å². The number of hydrogen-bond acceptors (Lipinski definition) is 3. The Balaban J connectivity index is 1.63. The summed E-state index contributed by atoms with van der Waals surface area (Å²) in [7, 11) is 0. The minimum absolute atomic E-state index is 0.246. The van der Waals surface area contributed by atoms with Crippen molar-refractivity contribution in [2.75, 3.05) is 13.1 Å². The van der Waals surface area contributed by atoms with Gasteiger partial charge in [-0.05, 0) is 28.5 Å². The van der Waals surface area contributed by atoms with Crippen LogP contribution in [0.2, 0.25) is 5.02 Å². The molecule has 31 heavy (non-hydrogen) atoms. The van der Waals surface area contributed by atoms with Crippen LogP contribution in [0.25, 0.3) is 10.8 Å². The van der Waals surface area contributed by atoms with Crippen molar-refractivity contribution in [2.45, 2.75) is 19.0 Å². The molecule has 1 N–H and O–H groups in total. The lowest BCUT2D eigenvalue weighted by Crippen LogP contribution is -2.59. The van der Waals surface area contributed by atoms with Gasteiger partial charge in [-0.1, -0.05) is 66.2 Å². The molecule has 0 bridgehead atoms. The number of fused-ring (bicyclic) bond motifs is 1. The lowest BCUT2D eigenvalue weighted by atomic mass is 10.0. The third-order valence-corrected chi connectivity index (χ3v) is 5.92. The van der Waals surface area contributed by atoms with Gasteiger partial charge in [0.25, 0.3) is 5.91 Å². The van der Waals surface area contributed by atoms with Crippen LogP contribution in [0.5, 0.6) is 0 Å². The molecule has 1 aliphatic rings. The Morgan fingerprint density at radius 2 is 1.68 bits per heavy atom. The van der Waals surface area contributed by atoms with Crippen molar-refractivity contribution < 1.29 is 19.5 Å². The molecule has 158 valence electrons. The summed E-state index contributed by atoms with van der Waals surface area (Å²) in [6.07, 6.45) is -0.450. The Kier molecular flexibility index (Phi) is 5.91. The van der Waals surface area contributed by atoms with E-state index in [2.05, 4.69) is 0 Å². The lowest BCUT2D eigenvalue weighted by Gasteiger charge is -2.40. The van der Waals surface area contributed by atoms with Gasteiger partial charge in [0.05, 0.1) is 6.42 Å². The molecule has 3 aromatic carbocycles. The zero-order chi connectivity index (χ0) is 22.0. The number of hydrogen-bond donors (Lipinski definition) is 1. The second-order valence-electron chi connectivity index (χ2n) is 7.49. The normalized spacial score (nSPS) is 16.5. The smallest absolute Gasteiger partial charge is 0.305 e. The van der Waals surface area contributed by atoms with E-state index in [4.69, 9.17) is 11.6 Å². The van der Waals surface area contributed by atoms with Crippen LogP contribution in [0.1, 0.15) is 22.3 Å². The van der Waals surface area contributed by atoms with Gasteiger partial charge in [0.1, 0.15) is 6.04 Å². The molecule has 4 rings (SSSR count). The zero-order valence-corrected chi connectivity index (χ0v) is 17.5. The fraction of sp³-hybridized carbons (Fsp3) is 0.208. The highest BCUT2D eigenvalue weighted by Crippen LogP contribution is 2.25. The van der Waals surface area contributed by atoms with Crippen LogP contribution in [0.15, 0.2) is 66.7 Å². The summed E-state index contributed by atoms with van der Waals surface area (Å²) >= 11 is 6.23. The van der Waals surface area contributed by atoms with E-state index >= 15 is 0 Å². The van der Waals surface area contributed by atoms with E-state index < -0.39 is 18.4 Å². The fourth-order valence-electron chi connectivity index (χ4n) is 4.00. The van der Waals surface area contributed by atoms with Crippen molar-refractivity contribution in [3.63, 3.8) is 0 Å². The third kappa shape index (κ3) is 4.25. The number of carbonyl (C=O) groups excluding carboxylic acids is 2. The predicted octanol–water partition coefficient (Wildman–Crippen LogP) is 3.82. The SMILES string of the molecule is O=C(O)CC1C(=O)N(Cc2ccccc2Cl)CCN1C(=O)c1cccc2ccccc12. The second-order valence-corrected chi connectivity index (χ2v) is 7.90. The molecular formula is C24H21ClN2O4. The van der Waals surface area contributed by atoms with Gasteiger partial charge in [-0.15, -0.1) is 0 Å². The summed E-state index contributed by atoms with van der Waals surface area (Å²) in [6, 6.07) is 19.1. The number of piperazine rings is 1. The van der Waals surface area contributed by atoms with Gasteiger partial charge < -0.3 is 14.9 Å². The standard InChI is InChI=1S/C24H21ClN2O4/c25-20-11-4-2-7-17(20)15-26-12-13-27(21(24(26)31)14-22(28)29)23(30)19-10-5-8-16-6-1-3-9-18(16)19/h1-11,21H,12-15H2,(H,28,29). The van der Waals surface area contributed by atoms with Crippen molar-refractivity contribution in [2.24, 2.45) is 0 Å². The molecular weight excluding hydrogens is 416 g/mol. The van der Waals surface area contributed by atoms with Crippen LogP contribution in [0.3, 0.4) is 0 Å². The van der Waals surface area contributed by atoms with Gasteiger partial charge >= 0.3 is 5.97 Å². The number of carbonyl (C=O) groups is 3. The molecule has 0 aromatic heterocycles. The topological polar surface area (TPSA) is 77.9 Å². The van der Waals surface area contributed by atoms with Crippen molar-refractivity contribution in [1.29, 1.82) is 0 Å². The number of carboxylic acids is 1. The Hall–Kier alpha value is -3.38. The van der Waals surface area contributed by atoms with Crippen LogP contribution in [0.4, 0.5) is 0 Å². The highest BCUT2D eigenvalue weighted by atomic mass is 35.5. The summed E-state index contributed by atoms with van der Waals surface area (Å²) in [5.74, 6) is -1.86. The average molecular weight is 437 g/mol. The molecule has 0 aliphatic carbocycles. The summed E-state index contributed by atoms with van der Waals surface area (Å²) in [6.45, 7) is 0.817. The quantitative estimate of drug-likeness (QED) is 0.659. The molecule has 0 radical (unpaired) electrons. The first-order valence-corrected chi connectivity index (χ1v) is 10.4. The van der Waals surface area contributed by atoms with Crippen LogP contribution in [-0.4, -0.2) is 51.8 Å². The number of benzene rings is 3. The first-order chi connectivity index (χ1) is 15.0. The minimum atomic E-state index is -1.13. The summed E-state index contributed by atoms with van der Waals surface area (Å²) in [5, 5.41) is 11.6. The summed E-state index contributed by atoms with van der Waals surface area (Å²) in [4.78, 5) is 41.1. The molecule has 0 saturated carbocycles. The number of aliphatic carboxylic acids is 1. The van der Waals surface area contributed by atoms with Crippen molar-refractivity contribution in [1.82, 2.24) is 9.80 Å². The van der Waals surface area contributed by atoms with Crippen LogP contribution >= 0.6 is 11.6 Å². The Bertz CT molecular complexity index is 1160. The van der Waals surface area contributed by atoms with Crippen LogP contribution in [0, 0.1) is 0 Å². The molecule has 3 aromatic rings. The van der Waals surface area contributed by atoms with Gasteiger partial charge in [-0.3, -0.25) is 14.4 Å². The number of rotatable bonds is 5. The lowest BCUT2D eigenvalue weighted by molar-refractivity contribution is -0.148. The summed E-state index contributed by atoms with van der Waals surface area (Å²) in [5.41, 5.74) is 1.24.